The summed E-state index contributed by atoms with van der Waals surface area (Å²) in [5.74, 6) is -1.28. The number of nitrogens with one attached hydrogen (secondary N) is 1. The SMILES string of the molecule is CC[C@@H](C(=O)NC(C)C)N(Cc1ccc(F)cc1)C(=O)CN(c1ccc(C(C)(C)C)cc1)S(C)(=O)=O. The lowest BCUT2D eigenvalue weighted by Gasteiger charge is -2.33. The summed E-state index contributed by atoms with van der Waals surface area (Å²) in [7, 11) is -3.81. The van der Waals surface area contributed by atoms with Gasteiger partial charge in [-0.3, -0.25) is 13.9 Å². The van der Waals surface area contributed by atoms with E-state index in [2.05, 4.69) is 26.1 Å². The van der Waals surface area contributed by atoms with Gasteiger partial charge < -0.3 is 10.2 Å². The fourth-order valence-corrected chi connectivity index (χ4v) is 4.68. The van der Waals surface area contributed by atoms with E-state index in [1.54, 1.807) is 31.2 Å². The van der Waals surface area contributed by atoms with E-state index >= 15 is 0 Å². The molecule has 2 rings (SSSR count). The van der Waals surface area contributed by atoms with Crippen LogP contribution in [-0.4, -0.2) is 50.0 Å². The van der Waals surface area contributed by atoms with Crippen LogP contribution in [0.15, 0.2) is 48.5 Å². The Hall–Kier alpha value is -2.94. The second-order valence-electron chi connectivity index (χ2n) is 10.3. The van der Waals surface area contributed by atoms with E-state index in [0.29, 0.717) is 17.7 Å². The first kappa shape index (κ1) is 29.3. The van der Waals surface area contributed by atoms with E-state index < -0.39 is 34.3 Å². The molecule has 0 saturated carbocycles. The van der Waals surface area contributed by atoms with E-state index in [4.69, 9.17) is 0 Å². The molecule has 198 valence electrons. The number of halogens is 1. The highest BCUT2D eigenvalue weighted by Gasteiger charge is 2.32. The van der Waals surface area contributed by atoms with Gasteiger partial charge in [-0.1, -0.05) is 52.0 Å². The Morgan fingerprint density at radius 2 is 1.56 bits per heavy atom. The fraction of sp³-hybridized carbons (Fsp3) is 0.481. The van der Waals surface area contributed by atoms with Crippen molar-refractivity contribution in [3.63, 3.8) is 0 Å². The maximum atomic E-state index is 13.6. The molecule has 36 heavy (non-hydrogen) atoms. The van der Waals surface area contributed by atoms with Crippen molar-refractivity contribution in [2.45, 2.75) is 72.0 Å². The van der Waals surface area contributed by atoms with Crippen LogP contribution in [0.25, 0.3) is 0 Å². The van der Waals surface area contributed by atoms with Gasteiger partial charge in [-0.05, 0) is 61.1 Å². The number of benzene rings is 2. The third-order valence-electron chi connectivity index (χ3n) is 5.78. The van der Waals surface area contributed by atoms with Gasteiger partial charge in [0.2, 0.25) is 21.8 Å². The second kappa shape index (κ2) is 11.9. The number of sulfonamides is 1. The Labute approximate surface area is 214 Å². The average molecular weight is 520 g/mol. The molecule has 0 aliphatic carbocycles. The van der Waals surface area contributed by atoms with Crippen LogP contribution in [0.2, 0.25) is 0 Å². The molecule has 0 unspecified atom stereocenters. The predicted octanol–water partition coefficient (Wildman–Crippen LogP) is 4.22. The van der Waals surface area contributed by atoms with Gasteiger partial charge in [-0.25, -0.2) is 12.8 Å². The first-order valence-corrected chi connectivity index (χ1v) is 13.9. The van der Waals surface area contributed by atoms with Crippen LogP contribution in [0.3, 0.4) is 0 Å². The Morgan fingerprint density at radius 1 is 1.00 bits per heavy atom. The topological polar surface area (TPSA) is 86.8 Å². The van der Waals surface area contributed by atoms with Crippen molar-refractivity contribution in [2.75, 3.05) is 17.1 Å². The van der Waals surface area contributed by atoms with E-state index in [0.717, 1.165) is 16.1 Å². The molecule has 0 spiro atoms. The van der Waals surface area contributed by atoms with Crippen LogP contribution in [0.5, 0.6) is 0 Å². The summed E-state index contributed by atoms with van der Waals surface area (Å²) in [6.07, 6.45) is 1.37. The molecule has 0 aliphatic heterocycles. The van der Waals surface area contributed by atoms with Crippen LogP contribution >= 0.6 is 0 Å². The van der Waals surface area contributed by atoms with Gasteiger partial charge in [0.25, 0.3) is 0 Å². The minimum atomic E-state index is -3.81. The number of carbonyl (C=O) groups is 2. The molecule has 2 amide bonds. The summed E-state index contributed by atoms with van der Waals surface area (Å²) in [5.41, 5.74) is 1.90. The molecule has 0 aromatic heterocycles. The molecule has 0 heterocycles. The van der Waals surface area contributed by atoms with E-state index in [-0.39, 0.29) is 23.9 Å². The normalized spacial score (nSPS) is 12.8. The van der Waals surface area contributed by atoms with Gasteiger partial charge in [0.1, 0.15) is 18.4 Å². The van der Waals surface area contributed by atoms with Crippen molar-refractivity contribution in [3.05, 3.63) is 65.5 Å². The zero-order chi connectivity index (χ0) is 27.3. The van der Waals surface area contributed by atoms with Crippen molar-refractivity contribution in [2.24, 2.45) is 0 Å². The molecule has 9 heteroatoms. The molecule has 2 aromatic carbocycles. The zero-order valence-corrected chi connectivity index (χ0v) is 23.0. The molecule has 0 aliphatic rings. The lowest BCUT2D eigenvalue weighted by atomic mass is 9.87. The van der Waals surface area contributed by atoms with Crippen LogP contribution in [-0.2, 0) is 31.6 Å². The molecule has 1 atom stereocenters. The first-order valence-electron chi connectivity index (χ1n) is 12.1. The molecule has 0 radical (unpaired) electrons. The number of rotatable bonds is 10. The Morgan fingerprint density at radius 3 is 2.00 bits per heavy atom. The van der Waals surface area contributed by atoms with Gasteiger partial charge in [0.05, 0.1) is 11.9 Å². The third kappa shape index (κ3) is 8.05. The number of nitrogens with zero attached hydrogens (tertiary/aromatic N) is 2. The lowest BCUT2D eigenvalue weighted by molar-refractivity contribution is -0.140. The minimum absolute atomic E-state index is 0.0314. The maximum absolute atomic E-state index is 13.6. The van der Waals surface area contributed by atoms with Crippen molar-refractivity contribution < 1.29 is 22.4 Å². The summed E-state index contributed by atoms with van der Waals surface area (Å²) < 4.78 is 39.9. The quantitative estimate of drug-likeness (QED) is 0.509. The summed E-state index contributed by atoms with van der Waals surface area (Å²) >= 11 is 0. The van der Waals surface area contributed by atoms with E-state index in [1.165, 1.54) is 17.0 Å². The summed E-state index contributed by atoms with van der Waals surface area (Å²) in [6.45, 7) is 11.2. The minimum Gasteiger partial charge on any atom is -0.352 e. The summed E-state index contributed by atoms with van der Waals surface area (Å²) in [5, 5.41) is 2.83. The molecule has 7 nitrogen and oxygen atoms in total. The smallest absolute Gasteiger partial charge is 0.244 e. The maximum Gasteiger partial charge on any atom is 0.244 e. The molecular formula is C27H38FN3O4S. The van der Waals surface area contributed by atoms with Gasteiger partial charge in [0.15, 0.2) is 0 Å². The number of anilines is 1. The second-order valence-corrected chi connectivity index (χ2v) is 12.2. The predicted molar refractivity (Wildman–Crippen MR) is 142 cm³/mol. The molecular weight excluding hydrogens is 481 g/mol. The highest BCUT2D eigenvalue weighted by Crippen LogP contribution is 2.26. The van der Waals surface area contributed by atoms with Crippen LogP contribution in [0.1, 0.15) is 59.1 Å². The molecule has 2 aromatic rings. The number of amides is 2. The van der Waals surface area contributed by atoms with Gasteiger partial charge in [0, 0.05) is 12.6 Å². The monoisotopic (exact) mass is 519 g/mol. The number of hydrogen-bond acceptors (Lipinski definition) is 4. The molecule has 1 N–H and O–H groups in total. The fourth-order valence-electron chi connectivity index (χ4n) is 3.83. The highest BCUT2D eigenvalue weighted by molar-refractivity contribution is 7.92. The van der Waals surface area contributed by atoms with Crippen LogP contribution < -0.4 is 9.62 Å². The lowest BCUT2D eigenvalue weighted by Crippen LogP contribution is -2.53. The van der Waals surface area contributed by atoms with Gasteiger partial charge >= 0.3 is 0 Å². The van der Waals surface area contributed by atoms with Gasteiger partial charge in [-0.15, -0.1) is 0 Å². The number of carbonyl (C=O) groups excluding carboxylic acids is 2. The molecule has 0 saturated heterocycles. The van der Waals surface area contributed by atoms with Crippen molar-refractivity contribution in [3.8, 4) is 0 Å². The molecule has 0 bridgehead atoms. The largest absolute Gasteiger partial charge is 0.352 e. The Kier molecular flexibility index (Phi) is 9.65. The van der Waals surface area contributed by atoms with E-state index in [1.807, 2.05) is 26.0 Å². The average Bonchev–Trinajstić information content (AvgIpc) is 2.76. The van der Waals surface area contributed by atoms with E-state index in [9.17, 15) is 22.4 Å². The van der Waals surface area contributed by atoms with Gasteiger partial charge in [-0.2, -0.15) is 0 Å². The first-order chi connectivity index (χ1) is 16.6. The Balaban J connectivity index is 2.44. The number of hydrogen-bond donors (Lipinski definition) is 1. The third-order valence-corrected chi connectivity index (χ3v) is 6.92. The Bertz CT molecular complexity index is 1140. The van der Waals surface area contributed by atoms with Crippen LogP contribution in [0, 0.1) is 5.82 Å². The summed E-state index contributed by atoms with van der Waals surface area (Å²) in [4.78, 5) is 28.0. The standard InChI is InChI=1S/C27H38FN3O4S/c1-8-24(26(33)29-19(2)3)30(17-20-9-13-22(28)14-10-20)25(32)18-31(36(7,34)35)23-15-11-21(12-16-23)27(4,5)6/h9-16,19,24H,8,17-18H2,1-7H3,(H,29,33)/t24-/m0/s1. The molecule has 0 fully saturated rings. The summed E-state index contributed by atoms with van der Waals surface area (Å²) in [6, 6.07) is 11.8. The highest BCUT2D eigenvalue weighted by atomic mass is 32.2. The van der Waals surface area contributed by atoms with Crippen molar-refractivity contribution in [1.82, 2.24) is 10.2 Å². The van der Waals surface area contributed by atoms with Crippen molar-refractivity contribution in [1.29, 1.82) is 0 Å². The van der Waals surface area contributed by atoms with Crippen LogP contribution in [0.4, 0.5) is 10.1 Å². The zero-order valence-electron chi connectivity index (χ0n) is 22.2. The van der Waals surface area contributed by atoms with Crippen molar-refractivity contribution >= 4 is 27.5 Å².